The van der Waals surface area contributed by atoms with E-state index in [0.29, 0.717) is 0 Å². The Kier molecular flexibility index (Phi) is 5.02. The summed E-state index contributed by atoms with van der Waals surface area (Å²) in [5.74, 6) is -0.0342. The van der Waals surface area contributed by atoms with Crippen molar-refractivity contribution in [3.8, 4) is 5.75 Å². The Labute approximate surface area is 153 Å². The fourth-order valence-corrected chi connectivity index (χ4v) is 4.49. The topological polar surface area (TPSA) is 75.7 Å². The van der Waals surface area contributed by atoms with Crippen molar-refractivity contribution in [3.63, 3.8) is 0 Å². The number of rotatable bonds is 5. The quantitative estimate of drug-likeness (QED) is 0.871. The number of fused-ring (bicyclic) bond motifs is 1. The number of para-hydroxylation sites is 1. The number of amides is 1. The smallest absolute Gasteiger partial charge is 0.244 e. The molecule has 1 aliphatic rings. The first-order valence-corrected chi connectivity index (χ1v) is 9.86. The zero-order chi connectivity index (χ0) is 18.9. The van der Waals surface area contributed by atoms with Crippen LogP contribution in [-0.4, -0.2) is 34.0 Å². The van der Waals surface area contributed by atoms with Crippen molar-refractivity contribution in [3.05, 3.63) is 53.6 Å². The molecule has 1 amide bonds. The van der Waals surface area contributed by atoms with Crippen molar-refractivity contribution in [2.75, 3.05) is 18.6 Å². The standard InChI is InChI=1S/C19H22N2O4S/c1-13-8-9-17(25-3)18(10-13)26(23,24)20-12-19(22)21-14(2)11-15-6-4-5-7-16(15)21/h4-10,14,20H,11-12H2,1-3H3. The first kappa shape index (κ1) is 18.4. The van der Waals surface area contributed by atoms with Gasteiger partial charge in [0.2, 0.25) is 15.9 Å². The Balaban J connectivity index is 1.79. The molecule has 0 aromatic heterocycles. The highest BCUT2D eigenvalue weighted by molar-refractivity contribution is 7.89. The second-order valence-electron chi connectivity index (χ2n) is 6.42. The van der Waals surface area contributed by atoms with Crippen molar-refractivity contribution < 1.29 is 17.9 Å². The molecular formula is C19H22N2O4S. The Hall–Kier alpha value is -2.38. The average molecular weight is 374 g/mol. The summed E-state index contributed by atoms with van der Waals surface area (Å²) >= 11 is 0. The molecule has 0 aliphatic carbocycles. The first-order chi connectivity index (χ1) is 12.3. The molecule has 0 fully saturated rings. The van der Waals surface area contributed by atoms with Crippen molar-refractivity contribution in [1.29, 1.82) is 0 Å². The van der Waals surface area contributed by atoms with Crippen LogP contribution in [0.5, 0.6) is 5.75 Å². The highest BCUT2D eigenvalue weighted by atomic mass is 32.2. The van der Waals surface area contributed by atoms with Crippen LogP contribution < -0.4 is 14.4 Å². The van der Waals surface area contributed by atoms with E-state index in [-0.39, 0.29) is 29.1 Å². The molecule has 0 saturated heterocycles. The zero-order valence-electron chi connectivity index (χ0n) is 15.0. The van der Waals surface area contributed by atoms with Crippen LogP contribution in [0.4, 0.5) is 5.69 Å². The van der Waals surface area contributed by atoms with Gasteiger partial charge in [-0.2, -0.15) is 0 Å². The normalized spacial score (nSPS) is 16.4. The molecular weight excluding hydrogens is 352 g/mol. The highest BCUT2D eigenvalue weighted by Crippen LogP contribution is 2.31. The van der Waals surface area contributed by atoms with E-state index in [1.54, 1.807) is 24.0 Å². The SMILES string of the molecule is COc1ccc(C)cc1S(=O)(=O)NCC(=O)N1c2ccccc2CC1C. The van der Waals surface area contributed by atoms with Gasteiger partial charge >= 0.3 is 0 Å². The number of carbonyl (C=O) groups excluding carboxylic acids is 1. The summed E-state index contributed by atoms with van der Waals surface area (Å²) in [5.41, 5.74) is 2.73. The molecule has 1 aliphatic heterocycles. The van der Waals surface area contributed by atoms with Crippen LogP contribution in [0.15, 0.2) is 47.4 Å². The Bertz CT molecular complexity index is 940. The molecule has 1 heterocycles. The van der Waals surface area contributed by atoms with Gasteiger partial charge in [-0.05, 0) is 49.6 Å². The van der Waals surface area contributed by atoms with Gasteiger partial charge in [0.05, 0.1) is 13.7 Å². The number of hydrogen-bond donors (Lipinski definition) is 1. The molecule has 26 heavy (non-hydrogen) atoms. The van der Waals surface area contributed by atoms with Crippen LogP contribution in [0, 0.1) is 6.92 Å². The van der Waals surface area contributed by atoms with Gasteiger partial charge in [-0.3, -0.25) is 4.79 Å². The molecule has 2 aromatic carbocycles. The zero-order valence-corrected chi connectivity index (χ0v) is 15.8. The van der Waals surface area contributed by atoms with E-state index < -0.39 is 10.0 Å². The summed E-state index contributed by atoms with van der Waals surface area (Å²) in [5, 5.41) is 0. The number of hydrogen-bond acceptors (Lipinski definition) is 4. The Morgan fingerprint density at radius 2 is 2.00 bits per heavy atom. The summed E-state index contributed by atoms with van der Waals surface area (Å²) in [4.78, 5) is 14.4. The number of nitrogens with one attached hydrogen (secondary N) is 1. The molecule has 0 radical (unpaired) electrons. The van der Waals surface area contributed by atoms with E-state index in [4.69, 9.17) is 4.74 Å². The highest BCUT2D eigenvalue weighted by Gasteiger charge is 2.31. The van der Waals surface area contributed by atoms with Gasteiger partial charge < -0.3 is 9.64 Å². The van der Waals surface area contributed by atoms with Crippen molar-refractivity contribution >= 4 is 21.6 Å². The molecule has 7 heteroatoms. The number of sulfonamides is 1. The number of nitrogens with zero attached hydrogens (tertiary/aromatic N) is 1. The fourth-order valence-electron chi connectivity index (χ4n) is 3.26. The van der Waals surface area contributed by atoms with E-state index in [0.717, 1.165) is 23.2 Å². The third-order valence-electron chi connectivity index (χ3n) is 4.50. The summed E-state index contributed by atoms with van der Waals surface area (Å²) in [7, 11) is -2.45. The van der Waals surface area contributed by atoms with Crippen LogP contribution in [0.2, 0.25) is 0 Å². The Morgan fingerprint density at radius 1 is 1.27 bits per heavy atom. The van der Waals surface area contributed by atoms with E-state index in [9.17, 15) is 13.2 Å². The molecule has 2 aromatic rings. The van der Waals surface area contributed by atoms with Gasteiger partial charge in [0, 0.05) is 11.7 Å². The molecule has 0 spiro atoms. The molecule has 6 nitrogen and oxygen atoms in total. The lowest BCUT2D eigenvalue weighted by molar-refractivity contribution is -0.117. The number of methoxy groups -OCH3 is 1. The summed E-state index contributed by atoms with van der Waals surface area (Å²) in [6.45, 7) is 3.44. The van der Waals surface area contributed by atoms with Gasteiger partial charge in [-0.25, -0.2) is 13.1 Å². The number of ether oxygens (including phenoxy) is 1. The molecule has 0 bridgehead atoms. The molecule has 138 valence electrons. The van der Waals surface area contributed by atoms with Gasteiger partial charge in [0.1, 0.15) is 10.6 Å². The van der Waals surface area contributed by atoms with Crippen LogP contribution in [0.1, 0.15) is 18.1 Å². The first-order valence-electron chi connectivity index (χ1n) is 8.38. The molecule has 1 unspecified atom stereocenters. The van der Waals surface area contributed by atoms with E-state index >= 15 is 0 Å². The van der Waals surface area contributed by atoms with Crippen LogP contribution in [0.25, 0.3) is 0 Å². The summed E-state index contributed by atoms with van der Waals surface area (Å²) in [6, 6.07) is 12.6. The lowest BCUT2D eigenvalue weighted by Crippen LogP contribution is -2.43. The predicted molar refractivity (Wildman–Crippen MR) is 100 cm³/mol. The maximum Gasteiger partial charge on any atom is 0.244 e. The molecule has 0 saturated carbocycles. The van der Waals surface area contributed by atoms with Gasteiger partial charge in [0.25, 0.3) is 0 Å². The fraction of sp³-hybridized carbons (Fsp3) is 0.316. The second kappa shape index (κ2) is 7.09. The third kappa shape index (κ3) is 3.45. The van der Waals surface area contributed by atoms with Crippen LogP contribution in [-0.2, 0) is 21.2 Å². The molecule has 1 N–H and O–H groups in total. The lowest BCUT2D eigenvalue weighted by Gasteiger charge is -2.23. The van der Waals surface area contributed by atoms with Crippen LogP contribution in [0.3, 0.4) is 0 Å². The number of aryl methyl sites for hydroxylation is 1. The summed E-state index contributed by atoms with van der Waals surface area (Å²) in [6.07, 6.45) is 0.764. The minimum atomic E-state index is -3.87. The number of anilines is 1. The molecule has 3 rings (SSSR count). The number of benzene rings is 2. The van der Waals surface area contributed by atoms with Gasteiger partial charge in [-0.1, -0.05) is 24.3 Å². The summed E-state index contributed by atoms with van der Waals surface area (Å²) < 4.78 is 32.8. The monoisotopic (exact) mass is 374 g/mol. The van der Waals surface area contributed by atoms with E-state index in [2.05, 4.69) is 4.72 Å². The Morgan fingerprint density at radius 3 is 2.73 bits per heavy atom. The van der Waals surface area contributed by atoms with Gasteiger partial charge in [-0.15, -0.1) is 0 Å². The minimum Gasteiger partial charge on any atom is -0.495 e. The van der Waals surface area contributed by atoms with Crippen molar-refractivity contribution in [2.24, 2.45) is 0 Å². The lowest BCUT2D eigenvalue weighted by atomic mass is 10.1. The average Bonchev–Trinajstić information content (AvgIpc) is 2.95. The predicted octanol–water partition coefficient (Wildman–Crippen LogP) is 2.26. The van der Waals surface area contributed by atoms with E-state index in [1.165, 1.54) is 13.2 Å². The molecule has 1 atom stereocenters. The van der Waals surface area contributed by atoms with Crippen LogP contribution >= 0.6 is 0 Å². The largest absolute Gasteiger partial charge is 0.495 e. The van der Waals surface area contributed by atoms with E-state index in [1.807, 2.05) is 31.2 Å². The van der Waals surface area contributed by atoms with Crippen molar-refractivity contribution in [1.82, 2.24) is 4.72 Å². The second-order valence-corrected chi connectivity index (χ2v) is 8.16. The third-order valence-corrected chi connectivity index (χ3v) is 5.92. The van der Waals surface area contributed by atoms with Gasteiger partial charge in [0.15, 0.2) is 0 Å². The maximum absolute atomic E-state index is 12.7. The maximum atomic E-state index is 12.7. The van der Waals surface area contributed by atoms with Crippen molar-refractivity contribution in [2.45, 2.75) is 31.2 Å². The number of carbonyl (C=O) groups is 1. The minimum absolute atomic E-state index is 0.00194.